The molecule has 0 bridgehead atoms. The Bertz CT molecular complexity index is 235. The summed E-state index contributed by atoms with van der Waals surface area (Å²) >= 11 is 0. The Labute approximate surface area is 88.4 Å². The van der Waals surface area contributed by atoms with Crippen molar-refractivity contribution in [3.8, 4) is 0 Å². The van der Waals surface area contributed by atoms with Gasteiger partial charge in [0.2, 0.25) is 0 Å². The highest BCUT2D eigenvalue weighted by molar-refractivity contribution is 5.19. The fraction of sp³-hybridized carbons (Fsp3) is 0.571. The van der Waals surface area contributed by atoms with E-state index in [1.807, 2.05) is 0 Å². The van der Waals surface area contributed by atoms with Crippen LogP contribution in [0, 0.1) is 5.92 Å². The summed E-state index contributed by atoms with van der Waals surface area (Å²) in [6, 6.07) is 10.9. The summed E-state index contributed by atoms with van der Waals surface area (Å²) in [5.74, 6) is 1.56. The minimum absolute atomic E-state index is 0.765. The largest absolute Gasteiger partial charge is 0.0654 e. The van der Waals surface area contributed by atoms with Gasteiger partial charge in [0.15, 0.2) is 0 Å². The zero-order valence-electron chi connectivity index (χ0n) is 9.66. The van der Waals surface area contributed by atoms with Gasteiger partial charge in [0.25, 0.3) is 0 Å². The SMILES string of the molecule is CCCC(CC(C)C)c1ccccc1. The van der Waals surface area contributed by atoms with Crippen molar-refractivity contribution in [2.24, 2.45) is 5.92 Å². The minimum atomic E-state index is 0.765. The van der Waals surface area contributed by atoms with Crippen molar-refractivity contribution in [3.63, 3.8) is 0 Å². The van der Waals surface area contributed by atoms with Gasteiger partial charge in [-0.15, -0.1) is 0 Å². The van der Waals surface area contributed by atoms with Gasteiger partial charge in [-0.05, 0) is 30.2 Å². The van der Waals surface area contributed by atoms with Gasteiger partial charge in [-0.3, -0.25) is 0 Å². The maximum atomic E-state index is 2.31. The van der Waals surface area contributed by atoms with E-state index in [0.29, 0.717) is 0 Å². The molecule has 0 radical (unpaired) electrons. The van der Waals surface area contributed by atoms with Crippen LogP contribution in [0.5, 0.6) is 0 Å². The second kappa shape index (κ2) is 5.85. The quantitative estimate of drug-likeness (QED) is 0.635. The normalized spacial score (nSPS) is 13.1. The maximum Gasteiger partial charge on any atom is -0.0160 e. The molecule has 14 heavy (non-hydrogen) atoms. The Balaban J connectivity index is 2.67. The van der Waals surface area contributed by atoms with Crippen molar-refractivity contribution >= 4 is 0 Å². The lowest BCUT2D eigenvalue weighted by Crippen LogP contribution is -2.02. The zero-order valence-corrected chi connectivity index (χ0v) is 9.66. The van der Waals surface area contributed by atoms with E-state index in [2.05, 4.69) is 51.1 Å². The molecule has 1 unspecified atom stereocenters. The molecule has 0 heteroatoms. The fourth-order valence-electron chi connectivity index (χ4n) is 2.06. The first-order valence-corrected chi connectivity index (χ1v) is 5.79. The van der Waals surface area contributed by atoms with Gasteiger partial charge in [0.05, 0.1) is 0 Å². The standard InChI is InChI=1S/C14H22/c1-4-8-14(11-12(2)3)13-9-6-5-7-10-13/h5-7,9-10,12,14H,4,8,11H2,1-3H3. The fourth-order valence-corrected chi connectivity index (χ4v) is 2.06. The average Bonchev–Trinajstić information content (AvgIpc) is 2.18. The van der Waals surface area contributed by atoms with Crippen LogP contribution in [0.2, 0.25) is 0 Å². The molecule has 0 spiro atoms. The van der Waals surface area contributed by atoms with Crippen LogP contribution in [0.15, 0.2) is 30.3 Å². The molecule has 0 fully saturated rings. The molecular formula is C14H22. The molecule has 78 valence electrons. The van der Waals surface area contributed by atoms with Gasteiger partial charge in [-0.1, -0.05) is 57.5 Å². The lowest BCUT2D eigenvalue weighted by atomic mass is 9.87. The van der Waals surface area contributed by atoms with Crippen molar-refractivity contribution in [1.82, 2.24) is 0 Å². The third kappa shape index (κ3) is 3.53. The highest BCUT2D eigenvalue weighted by Crippen LogP contribution is 2.27. The summed E-state index contributed by atoms with van der Waals surface area (Å²) in [5.41, 5.74) is 1.52. The summed E-state index contributed by atoms with van der Waals surface area (Å²) in [6.45, 7) is 6.90. The maximum absolute atomic E-state index is 2.31. The van der Waals surface area contributed by atoms with Crippen LogP contribution >= 0.6 is 0 Å². The molecule has 0 saturated heterocycles. The molecule has 0 nitrogen and oxygen atoms in total. The predicted octanol–water partition coefficient (Wildman–Crippen LogP) is 4.62. The van der Waals surface area contributed by atoms with Gasteiger partial charge in [0, 0.05) is 0 Å². The number of rotatable bonds is 5. The summed E-state index contributed by atoms with van der Waals surface area (Å²) in [5, 5.41) is 0. The molecule has 1 aromatic carbocycles. The molecule has 0 aliphatic heterocycles. The summed E-state index contributed by atoms with van der Waals surface area (Å²) in [6.07, 6.45) is 3.92. The zero-order chi connectivity index (χ0) is 10.4. The van der Waals surface area contributed by atoms with Crippen LogP contribution in [0.4, 0.5) is 0 Å². The van der Waals surface area contributed by atoms with Crippen LogP contribution in [0.3, 0.4) is 0 Å². The highest BCUT2D eigenvalue weighted by Gasteiger charge is 2.11. The molecule has 0 heterocycles. The Kier molecular flexibility index (Phi) is 4.72. The molecule has 1 atom stereocenters. The number of hydrogen-bond donors (Lipinski definition) is 0. The van der Waals surface area contributed by atoms with Crippen LogP contribution in [-0.4, -0.2) is 0 Å². The summed E-state index contributed by atoms with van der Waals surface area (Å²) in [4.78, 5) is 0. The predicted molar refractivity (Wildman–Crippen MR) is 63.5 cm³/mol. The molecule has 1 rings (SSSR count). The second-order valence-corrected chi connectivity index (χ2v) is 4.53. The topological polar surface area (TPSA) is 0 Å². The van der Waals surface area contributed by atoms with E-state index in [4.69, 9.17) is 0 Å². The van der Waals surface area contributed by atoms with E-state index in [-0.39, 0.29) is 0 Å². The molecule has 0 N–H and O–H groups in total. The number of hydrogen-bond acceptors (Lipinski definition) is 0. The van der Waals surface area contributed by atoms with Crippen molar-refractivity contribution in [2.75, 3.05) is 0 Å². The minimum Gasteiger partial charge on any atom is -0.0654 e. The first-order chi connectivity index (χ1) is 6.74. The van der Waals surface area contributed by atoms with Gasteiger partial charge in [-0.25, -0.2) is 0 Å². The van der Waals surface area contributed by atoms with E-state index in [0.717, 1.165) is 11.8 Å². The van der Waals surface area contributed by atoms with E-state index >= 15 is 0 Å². The van der Waals surface area contributed by atoms with E-state index in [1.165, 1.54) is 24.8 Å². The average molecular weight is 190 g/mol. The molecule has 1 aromatic rings. The Hall–Kier alpha value is -0.780. The monoisotopic (exact) mass is 190 g/mol. The van der Waals surface area contributed by atoms with Crippen molar-refractivity contribution < 1.29 is 0 Å². The molecule has 0 aromatic heterocycles. The van der Waals surface area contributed by atoms with Crippen molar-refractivity contribution in [1.29, 1.82) is 0 Å². The van der Waals surface area contributed by atoms with Crippen LogP contribution in [-0.2, 0) is 0 Å². The van der Waals surface area contributed by atoms with Gasteiger partial charge in [-0.2, -0.15) is 0 Å². The second-order valence-electron chi connectivity index (χ2n) is 4.53. The Morgan fingerprint density at radius 1 is 1.07 bits per heavy atom. The lowest BCUT2D eigenvalue weighted by Gasteiger charge is -2.18. The highest BCUT2D eigenvalue weighted by atomic mass is 14.2. The van der Waals surface area contributed by atoms with Crippen molar-refractivity contribution in [2.45, 2.75) is 46.0 Å². The van der Waals surface area contributed by atoms with E-state index in [1.54, 1.807) is 0 Å². The molecule has 0 amide bonds. The van der Waals surface area contributed by atoms with Gasteiger partial charge in [0.1, 0.15) is 0 Å². The summed E-state index contributed by atoms with van der Waals surface area (Å²) < 4.78 is 0. The molecule has 0 saturated carbocycles. The van der Waals surface area contributed by atoms with Gasteiger partial charge < -0.3 is 0 Å². The first-order valence-electron chi connectivity index (χ1n) is 5.79. The first kappa shape index (κ1) is 11.3. The van der Waals surface area contributed by atoms with E-state index in [9.17, 15) is 0 Å². The van der Waals surface area contributed by atoms with Crippen molar-refractivity contribution in [3.05, 3.63) is 35.9 Å². The third-order valence-corrected chi connectivity index (χ3v) is 2.66. The Morgan fingerprint density at radius 3 is 2.21 bits per heavy atom. The van der Waals surface area contributed by atoms with Crippen LogP contribution in [0.1, 0.15) is 51.5 Å². The Morgan fingerprint density at radius 2 is 1.71 bits per heavy atom. The van der Waals surface area contributed by atoms with Crippen LogP contribution in [0.25, 0.3) is 0 Å². The van der Waals surface area contributed by atoms with Gasteiger partial charge >= 0.3 is 0 Å². The third-order valence-electron chi connectivity index (χ3n) is 2.66. The smallest absolute Gasteiger partial charge is 0.0160 e. The van der Waals surface area contributed by atoms with E-state index < -0.39 is 0 Å². The molecule has 0 aliphatic rings. The number of benzene rings is 1. The van der Waals surface area contributed by atoms with Crippen LogP contribution < -0.4 is 0 Å². The molecular weight excluding hydrogens is 168 g/mol. The lowest BCUT2D eigenvalue weighted by molar-refractivity contribution is 0.472. The molecule has 0 aliphatic carbocycles. The summed E-state index contributed by atoms with van der Waals surface area (Å²) in [7, 11) is 0.